The van der Waals surface area contributed by atoms with Crippen LogP contribution in [0.3, 0.4) is 0 Å². The average Bonchev–Trinajstić information content (AvgIpc) is 3.40. The molecule has 0 bridgehead atoms. The highest BCUT2D eigenvalue weighted by Gasteiger charge is 2.42. The van der Waals surface area contributed by atoms with Crippen molar-refractivity contribution >= 4 is 33.1 Å². The molecule has 3 aromatic rings. The van der Waals surface area contributed by atoms with E-state index >= 15 is 0 Å². The zero-order valence-electron chi connectivity index (χ0n) is 16.1. The summed E-state index contributed by atoms with van der Waals surface area (Å²) in [6, 6.07) is 4.70. The lowest BCUT2D eigenvalue weighted by Gasteiger charge is -2.19. The second kappa shape index (κ2) is 8.24. The van der Waals surface area contributed by atoms with Crippen LogP contribution in [-0.4, -0.2) is 58.1 Å². The molecule has 1 unspecified atom stereocenters. The fourth-order valence-corrected chi connectivity index (χ4v) is 4.75. The van der Waals surface area contributed by atoms with Crippen LogP contribution in [0.25, 0.3) is 16.2 Å². The van der Waals surface area contributed by atoms with E-state index in [0.717, 1.165) is 6.07 Å². The monoisotopic (exact) mass is 493 g/mol. The Hall–Kier alpha value is -2.30. The van der Waals surface area contributed by atoms with Crippen molar-refractivity contribution in [2.75, 3.05) is 11.9 Å². The van der Waals surface area contributed by atoms with Gasteiger partial charge in [0.1, 0.15) is 22.5 Å². The molecule has 10 nitrogen and oxygen atoms in total. The van der Waals surface area contributed by atoms with Gasteiger partial charge in [0.25, 0.3) is 0 Å². The summed E-state index contributed by atoms with van der Waals surface area (Å²) >= 11 is 0.560. The van der Waals surface area contributed by atoms with Gasteiger partial charge in [0, 0.05) is 18.2 Å². The molecule has 1 fully saturated rings. The van der Waals surface area contributed by atoms with Gasteiger partial charge < -0.3 is 15.5 Å². The number of rotatable bonds is 6. The number of aliphatic hydroxyl groups is 2. The molecule has 3 heterocycles. The van der Waals surface area contributed by atoms with Crippen molar-refractivity contribution in [3.8, 4) is 10.6 Å². The maximum atomic E-state index is 12.9. The van der Waals surface area contributed by atoms with E-state index in [9.17, 15) is 31.8 Å². The summed E-state index contributed by atoms with van der Waals surface area (Å²) in [6.45, 7) is -0.396. The summed E-state index contributed by atoms with van der Waals surface area (Å²) in [5.74, 6) is -0.323. The second-order valence-electron chi connectivity index (χ2n) is 7.30. The molecule has 174 valence electrons. The average molecular weight is 493 g/mol. The van der Waals surface area contributed by atoms with E-state index in [1.807, 2.05) is 0 Å². The summed E-state index contributed by atoms with van der Waals surface area (Å²) in [5.41, 5.74) is 0.646. The molecule has 0 aromatic carbocycles. The van der Waals surface area contributed by atoms with Crippen LogP contribution in [0, 0.1) is 5.92 Å². The lowest BCUT2D eigenvalue weighted by Crippen LogP contribution is -2.36. The number of alkyl halides is 3. The molecular formula is C17H18F3N5O5S2. The Morgan fingerprint density at radius 3 is 2.69 bits per heavy atom. The third kappa shape index (κ3) is 4.72. The molecule has 5 N–H and O–H groups in total. The Labute approximate surface area is 183 Å². The lowest BCUT2D eigenvalue weighted by molar-refractivity contribution is -0.134. The van der Waals surface area contributed by atoms with Gasteiger partial charge in [0.05, 0.1) is 23.6 Å². The summed E-state index contributed by atoms with van der Waals surface area (Å²) in [6.07, 6.45) is -5.33. The number of aliphatic hydroxyl groups excluding tert-OH is 2. The number of nitrogens with one attached hydrogen (secondary N) is 1. The maximum absolute atomic E-state index is 12.9. The van der Waals surface area contributed by atoms with Crippen LogP contribution in [0.1, 0.15) is 11.3 Å². The molecule has 0 saturated heterocycles. The Balaban J connectivity index is 1.56. The van der Waals surface area contributed by atoms with Gasteiger partial charge in [-0.3, -0.25) is 4.18 Å². The lowest BCUT2D eigenvalue weighted by atomic mass is 10.1. The molecule has 3 aromatic heterocycles. The normalized spacial score (nSPS) is 24.3. The highest BCUT2D eigenvalue weighted by Crippen LogP contribution is 2.38. The molecular weight excluding hydrogens is 475 g/mol. The minimum absolute atomic E-state index is 0.162. The molecule has 0 aliphatic heterocycles. The number of hydrogen-bond donors (Lipinski definition) is 4. The molecule has 1 aliphatic carbocycles. The van der Waals surface area contributed by atoms with Gasteiger partial charge in [0.2, 0.25) is 0 Å². The van der Waals surface area contributed by atoms with Crippen molar-refractivity contribution in [3.63, 3.8) is 0 Å². The van der Waals surface area contributed by atoms with Gasteiger partial charge in [-0.1, -0.05) is 0 Å². The van der Waals surface area contributed by atoms with Gasteiger partial charge in [-0.05, 0) is 24.6 Å². The van der Waals surface area contributed by atoms with Crippen molar-refractivity contribution in [2.45, 2.75) is 30.8 Å². The van der Waals surface area contributed by atoms with Gasteiger partial charge in [-0.2, -0.15) is 31.2 Å². The molecule has 15 heteroatoms. The first-order chi connectivity index (χ1) is 14.9. The fraction of sp³-hybridized carbons (Fsp3) is 0.412. The van der Waals surface area contributed by atoms with E-state index in [1.54, 1.807) is 6.07 Å². The fourth-order valence-electron chi connectivity index (χ4n) is 3.56. The van der Waals surface area contributed by atoms with Gasteiger partial charge in [-0.25, -0.2) is 10.1 Å². The van der Waals surface area contributed by atoms with Crippen molar-refractivity contribution in [1.29, 1.82) is 0 Å². The third-order valence-corrected chi connectivity index (χ3v) is 6.69. The van der Waals surface area contributed by atoms with Crippen LogP contribution in [0.4, 0.5) is 19.0 Å². The Bertz CT molecular complexity index is 1230. The Kier molecular flexibility index (Phi) is 5.89. The van der Waals surface area contributed by atoms with E-state index in [4.69, 9.17) is 5.14 Å². The van der Waals surface area contributed by atoms with E-state index in [2.05, 4.69) is 19.6 Å². The minimum atomic E-state index is -4.45. The molecule has 0 spiro atoms. The predicted octanol–water partition coefficient (Wildman–Crippen LogP) is 1.22. The smallest absolute Gasteiger partial charge is 0.390 e. The largest absolute Gasteiger partial charge is 0.425 e. The highest BCUT2D eigenvalue weighted by molar-refractivity contribution is 7.84. The highest BCUT2D eigenvalue weighted by atomic mass is 32.2. The number of nitrogens with two attached hydrogens (primary N) is 1. The van der Waals surface area contributed by atoms with Crippen LogP contribution in [0.2, 0.25) is 0 Å². The first-order valence-electron chi connectivity index (χ1n) is 9.24. The summed E-state index contributed by atoms with van der Waals surface area (Å²) < 4.78 is 66.6. The SMILES string of the molecule is NS(=O)(=O)OCC1C[C@@H](Nc2ccnc3cc(-c4ccc(C(F)(F)F)s4)nn23)[C@H](O)[C@@H]1O. The second-order valence-corrected chi connectivity index (χ2v) is 9.60. The van der Waals surface area contributed by atoms with Gasteiger partial charge >= 0.3 is 16.5 Å². The molecule has 1 saturated carbocycles. The number of hydrogen-bond acceptors (Lipinski definition) is 9. The van der Waals surface area contributed by atoms with Crippen molar-refractivity contribution < 1.29 is 36.0 Å². The van der Waals surface area contributed by atoms with Crippen LogP contribution in [0.5, 0.6) is 0 Å². The Morgan fingerprint density at radius 2 is 2.03 bits per heavy atom. The van der Waals surface area contributed by atoms with Gasteiger partial charge in [0.15, 0.2) is 5.65 Å². The minimum Gasteiger partial charge on any atom is -0.390 e. The first-order valence-corrected chi connectivity index (χ1v) is 11.5. The van der Waals surface area contributed by atoms with E-state index in [0.29, 0.717) is 33.4 Å². The van der Waals surface area contributed by atoms with E-state index in [-0.39, 0.29) is 6.42 Å². The number of aromatic nitrogens is 3. The molecule has 0 radical (unpaired) electrons. The number of halogens is 3. The standard InChI is InChI=1S/C17H18F3N5O5S2/c18-17(19,20)12-2-1-11(31-12)9-6-14-22-4-3-13(25(14)24-9)23-10-5-8(15(26)16(10)27)7-30-32(21,28)29/h1-4,6,8,10,15-16,23,26-27H,5,7H2,(H2,21,28,29)/t8?,10-,15-,16+/m1/s1. The molecule has 32 heavy (non-hydrogen) atoms. The summed E-state index contributed by atoms with van der Waals surface area (Å²) in [7, 11) is -4.19. The van der Waals surface area contributed by atoms with Crippen LogP contribution in [0.15, 0.2) is 30.5 Å². The van der Waals surface area contributed by atoms with Crippen molar-refractivity contribution in [3.05, 3.63) is 35.3 Å². The number of fused-ring (bicyclic) bond motifs is 1. The van der Waals surface area contributed by atoms with Crippen LogP contribution < -0.4 is 10.5 Å². The molecule has 0 amide bonds. The zero-order valence-corrected chi connectivity index (χ0v) is 17.7. The topological polar surface area (TPSA) is 152 Å². The molecule has 4 rings (SSSR count). The van der Waals surface area contributed by atoms with Crippen molar-refractivity contribution in [2.24, 2.45) is 11.1 Å². The van der Waals surface area contributed by atoms with Crippen LogP contribution >= 0.6 is 11.3 Å². The Morgan fingerprint density at radius 1 is 1.28 bits per heavy atom. The molecule has 1 aliphatic rings. The van der Waals surface area contributed by atoms with E-state index in [1.165, 1.54) is 22.8 Å². The predicted molar refractivity (Wildman–Crippen MR) is 108 cm³/mol. The quantitative estimate of drug-likeness (QED) is 0.400. The first kappa shape index (κ1) is 22.9. The summed E-state index contributed by atoms with van der Waals surface area (Å²) in [4.78, 5) is 3.72. The number of anilines is 1. The van der Waals surface area contributed by atoms with E-state index < -0.39 is 52.1 Å². The number of nitrogens with zero attached hydrogens (tertiary/aromatic N) is 3. The zero-order chi connectivity index (χ0) is 23.3. The number of thiophene rings is 1. The van der Waals surface area contributed by atoms with Crippen LogP contribution in [-0.2, 0) is 20.7 Å². The van der Waals surface area contributed by atoms with Gasteiger partial charge in [-0.15, -0.1) is 11.3 Å². The maximum Gasteiger partial charge on any atom is 0.425 e. The van der Waals surface area contributed by atoms with Crippen molar-refractivity contribution in [1.82, 2.24) is 14.6 Å². The summed E-state index contributed by atoms with van der Waals surface area (Å²) in [5, 5.41) is 32.7. The molecule has 4 atom stereocenters. The third-order valence-electron chi connectivity index (χ3n) is 5.08.